The summed E-state index contributed by atoms with van der Waals surface area (Å²) in [5.74, 6) is 2.69. The number of amides is 1. The quantitative estimate of drug-likeness (QED) is 0.754. The molecule has 0 bridgehead atoms. The zero-order chi connectivity index (χ0) is 19.8. The Kier molecular flexibility index (Phi) is 7.19. The second-order valence-electron chi connectivity index (χ2n) is 7.10. The maximum atomic E-state index is 12.4. The number of benzene rings is 1. The van der Waals surface area contributed by atoms with Crippen LogP contribution in [0.3, 0.4) is 0 Å². The van der Waals surface area contributed by atoms with Crippen molar-refractivity contribution in [2.75, 3.05) is 32.6 Å². The normalized spacial score (nSPS) is 17.1. The molecule has 2 aromatic rings. The standard InChI is InChI=1S/C21H28N4O3/c1-27-18-11-17(12-19(13-18)28-2)24-21(26)7-6-16-5-3-10-25(14-16)15-20-22-8-4-9-23-20/h4,8-9,11-13,16H,3,5-7,10,14-15H2,1-2H3,(H,24,26)/t16-/m1/s1. The van der Waals surface area contributed by atoms with Gasteiger partial charge in [0.05, 0.1) is 20.8 Å². The third kappa shape index (κ3) is 5.92. The Morgan fingerprint density at radius 2 is 1.89 bits per heavy atom. The van der Waals surface area contributed by atoms with Gasteiger partial charge < -0.3 is 14.8 Å². The molecule has 1 aromatic heterocycles. The lowest BCUT2D eigenvalue weighted by Crippen LogP contribution is -2.35. The van der Waals surface area contributed by atoms with Crippen molar-refractivity contribution < 1.29 is 14.3 Å². The highest BCUT2D eigenvalue weighted by molar-refractivity contribution is 5.91. The highest BCUT2D eigenvalue weighted by Gasteiger charge is 2.21. The van der Waals surface area contributed by atoms with E-state index in [4.69, 9.17) is 9.47 Å². The van der Waals surface area contributed by atoms with Crippen LogP contribution >= 0.6 is 0 Å². The van der Waals surface area contributed by atoms with Crippen molar-refractivity contribution in [1.29, 1.82) is 0 Å². The number of anilines is 1. The molecule has 1 aromatic carbocycles. The molecule has 1 N–H and O–H groups in total. The van der Waals surface area contributed by atoms with Gasteiger partial charge in [-0.25, -0.2) is 9.97 Å². The van der Waals surface area contributed by atoms with Crippen LogP contribution in [0.5, 0.6) is 11.5 Å². The molecule has 1 fully saturated rings. The molecule has 1 aliphatic heterocycles. The van der Waals surface area contributed by atoms with E-state index in [0.29, 0.717) is 29.5 Å². The number of nitrogens with zero attached hydrogens (tertiary/aromatic N) is 3. The predicted octanol–water partition coefficient (Wildman–Crippen LogP) is 3.12. The van der Waals surface area contributed by atoms with Crippen LogP contribution in [0.25, 0.3) is 0 Å². The van der Waals surface area contributed by atoms with Crippen LogP contribution in [0.1, 0.15) is 31.5 Å². The molecule has 1 amide bonds. The Morgan fingerprint density at radius 1 is 1.18 bits per heavy atom. The van der Waals surface area contributed by atoms with E-state index in [-0.39, 0.29) is 5.91 Å². The summed E-state index contributed by atoms with van der Waals surface area (Å²) in [5.41, 5.74) is 0.688. The summed E-state index contributed by atoms with van der Waals surface area (Å²) in [6.45, 7) is 2.82. The molecule has 0 spiro atoms. The number of carbonyl (C=O) groups is 1. The Morgan fingerprint density at radius 3 is 2.57 bits per heavy atom. The minimum Gasteiger partial charge on any atom is -0.497 e. The Hall–Kier alpha value is -2.67. The number of methoxy groups -OCH3 is 2. The van der Waals surface area contributed by atoms with Gasteiger partial charge in [0.15, 0.2) is 0 Å². The second kappa shape index (κ2) is 10.0. The van der Waals surface area contributed by atoms with E-state index in [9.17, 15) is 4.79 Å². The van der Waals surface area contributed by atoms with Gasteiger partial charge in [0, 0.05) is 49.2 Å². The smallest absolute Gasteiger partial charge is 0.224 e. The number of hydrogen-bond donors (Lipinski definition) is 1. The van der Waals surface area contributed by atoms with Gasteiger partial charge in [-0.1, -0.05) is 0 Å². The summed E-state index contributed by atoms with van der Waals surface area (Å²) in [6, 6.07) is 7.20. The van der Waals surface area contributed by atoms with Gasteiger partial charge in [0.1, 0.15) is 17.3 Å². The number of hydrogen-bond acceptors (Lipinski definition) is 6. The molecule has 3 rings (SSSR count). The minimum absolute atomic E-state index is 0.0128. The largest absolute Gasteiger partial charge is 0.497 e. The molecule has 2 heterocycles. The lowest BCUT2D eigenvalue weighted by Gasteiger charge is -2.32. The van der Waals surface area contributed by atoms with Crippen LogP contribution in [0.2, 0.25) is 0 Å². The Labute approximate surface area is 166 Å². The number of nitrogens with one attached hydrogen (secondary N) is 1. The second-order valence-corrected chi connectivity index (χ2v) is 7.10. The van der Waals surface area contributed by atoms with Crippen molar-refractivity contribution in [1.82, 2.24) is 14.9 Å². The van der Waals surface area contributed by atoms with Crippen molar-refractivity contribution in [3.8, 4) is 11.5 Å². The number of rotatable bonds is 8. The van der Waals surface area contributed by atoms with Crippen molar-refractivity contribution in [3.63, 3.8) is 0 Å². The van der Waals surface area contributed by atoms with Crippen LogP contribution < -0.4 is 14.8 Å². The first kappa shape index (κ1) is 20.1. The van der Waals surface area contributed by atoms with Gasteiger partial charge in [0.2, 0.25) is 5.91 Å². The molecule has 0 aliphatic carbocycles. The number of piperidine rings is 1. The minimum atomic E-state index is 0.0128. The van der Waals surface area contributed by atoms with Crippen LogP contribution in [0.15, 0.2) is 36.7 Å². The van der Waals surface area contributed by atoms with E-state index in [1.807, 2.05) is 6.07 Å². The monoisotopic (exact) mass is 384 g/mol. The van der Waals surface area contributed by atoms with Crippen LogP contribution in [0.4, 0.5) is 5.69 Å². The topological polar surface area (TPSA) is 76.6 Å². The molecule has 1 atom stereocenters. The lowest BCUT2D eigenvalue weighted by molar-refractivity contribution is -0.116. The lowest BCUT2D eigenvalue weighted by atomic mass is 9.93. The van der Waals surface area contributed by atoms with Gasteiger partial charge in [0.25, 0.3) is 0 Å². The summed E-state index contributed by atoms with van der Waals surface area (Å²) in [4.78, 5) is 23.4. The fourth-order valence-corrected chi connectivity index (χ4v) is 3.58. The van der Waals surface area contributed by atoms with Crippen LogP contribution in [-0.4, -0.2) is 48.1 Å². The average Bonchev–Trinajstić information content (AvgIpc) is 2.73. The van der Waals surface area contributed by atoms with Gasteiger partial charge in [-0.3, -0.25) is 9.69 Å². The molecule has 0 unspecified atom stereocenters. The third-order valence-corrected chi connectivity index (χ3v) is 5.00. The first-order valence-corrected chi connectivity index (χ1v) is 9.67. The van der Waals surface area contributed by atoms with E-state index >= 15 is 0 Å². The van der Waals surface area contributed by atoms with Gasteiger partial charge in [-0.15, -0.1) is 0 Å². The molecule has 0 radical (unpaired) electrons. The Bertz CT molecular complexity index is 747. The fraction of sp³-hybridized carbons (Fsp3) is 0.476. The first-order valence-electron chi connectivity index (χ1n) is 9.67. The van der Waals surface area contributed by atoms with E-state index in [1.54, 1.807) is 44.8 Å². The maximum absolute atomic E-state index is 12.4. The maximum Gasteiger partial charge on any atom is 0.224 e. The third-order valence-electron chi connectivity index (χ3n) is 5.00. The summed E-state index contributed by atoms with van der Waals surface area (Å²) in [6.07, 6.45) is 7.24. The predicted molar refractivity (Wildman–Crippen MR) is 107 cm³/mol. The van der Waals surface area contributed by atoms with Crippen molar-refractivity contribution in [2.24, 2.45) is 5.92 Å². The van der Waals surface area contributed by atoms with Crippen molar-refractivity contribution in [3.05, 3.63) is 42.5 Å². The van der Waals surface area contributed by atoms with Gasteiger partial charge >= 0.3 is 0 Å². The van der Waals surface area contributed by atoms with E-state index < -0.39 is 0 Å². The number of aromatic nitrogens is 2. The highest BCUT2D eigenvalue weighted by atomic mass is 16.5. The number of carbonyl (C=O) groups excluding carboxylic acids is 1. The van der Waals surface area contributed by atoms with E-state index in [0.717, 1.165) is 44.7 Å². The molecular formula is C21H28N4O3. The van der Waals surface area contributed by atoms with E-state index in [2.05, 4.69) is 20.2 Å². The van der Waals surface area contributed by atoms with E-state index in [1.165, 1.54) is 0 Å². The summed E-state index contributed by atoms with van der Waals surface area (Å²) >= 11 is 0. The van der Waals surface area contributed by atoms with Crippen LogP contribution in [-0.2, 0) is 11.3 Å². The highest BCUT2D eigenvalue weighted by Crippen LogP contribution is 2.26. The van der Waals surface area contributed by atoms with Gasteiger partial charge in [-0.2, -0.15) is 0 Å². The molecular weight excluding hydrogens is 356 g/mol. The summed E-state index contributed by atoms with van der Waals surface area (Å²) < 4.78 is 10.5. The number of likely N-dealkylation sites (tertiary alicyclic amines) is 1. The number of ether oxygens (including phenoxy) is 2. The van der Waals surface area contributed by atoms with Crippen molar-refractivity contribution >= 4 is 11.6 Å². The van der Waals surface area contributed by atoms with Crippen LogP contribution in [0, 0.1) is 5.92 Å². The fourth-order valence-electron chi connectivity index (χ4n) is 3.58. The average molecular weight is 384 g/mol. The molecule has 1 saturated heterocycles. The first-order chi connectivity index (χ1) is 13.7. The van der Waals surface area contributed by atoms with Crippen molar-refractivity contribution in [2.45, 2.75) is 32.2 Å². The molecule has 150 valence electrons. The zero-order valence-electron chi connectivity index (χ0n) is 16.6. The SMILES string of the molecule is COc1cc(NC(=O)CC[C@H]2CCCN(Cc3ncccn3)C2)cc(OC)c1. The molecule has 28 heavy (non-hydrogen) atoms. The van der Waals surface area contributed by atoms with Gasteiger partial charge in [-0.05, 0) is 37.8 Å². The Balaban J connectivity index is 1.47. The molecule has 1 aliphatic rings. The zero-order valence-corrected chi connectivity index (χ0v) is 16.6. The summed E-state index contributed by atoms with van der Waals surface area (Å²) in [7, 11) is 3.19. The molecule has 7 nitrogen and oxygen atoms in total. The molecule has 7 heteroatoms. The summed E-state index contributed by atoms with van der Waals surface area (Å²) in [5, 5.41) is 2.95. The molecule has 0 saturated carbocycles.